The number of halogens is 3. The summed E-state index contributed by atoms with van der Waals surface area (Å²) in [6, 6.07) is 20.3. The van der Waals surface area contributed by atoms with Crippen LogP contribution in [0, 0.1) is 5.92 Å². The van der Waals surface area contributed by atoms with E-state index in [4.69, 9.17) is 5.11 Å². The summed E-state index contributed by atoms with van der Waals surface area (Å²) in [7, 11) is 0. The van der Waals surface area contributed by atoms with E-state index in [1.807, 2.05) is 18.2 Å². The number of carboxylic acid groups (broad SMARTS) is 1. The van der Waals surface area contributed by atoms with Crippen LogP contribution in [-0.2, 0) is 16.1 Å². The van der Waals surface area contributed by atoms with Gasteiger partial charge in [0.25, 0.3) is 0 Å². The van der Waals surface area contributed by atoms with Crippen molar-refractivity contribution < 1.29 is 32.6 Å². The van der Waals surface area contributed by atoms with Gasteiger partial charge < -0.3 is 14.7 Å². The van der Waals surface area contributed by atoms with Crippen LogP contribution in [0.25, 0.3) is 17.2 Å². The number of nitrogens with zero attached hydrogens (tertiary/aromatic N) is 1. The van der Waals surface area contributed by atoms with Gasteiger partial charge in [-0.2, -0.15) is 0 Å². The molecule has 0 saturated heterocycles. The van der Waals surface area contributed by atoms with Crippen molar-refractivity contribution >= 4 is 23.6 Å². The summed E-state index contributed by atoms with van der Waals surface area (Å²) in [6.45, 7) is 0.305. The first-order valence-electron chi connectivity index (χ1n) is 12.5. The number of anilines is 1. The molecule has 5 nitrogen and oxygen atoms in total. The molecule has 1 saturated carbocycles. The summed E-state index contributed by atoms with van der Waals surface area (Å²) >= 11 is 0. The molecule has 198 valence electrons. The number of carbonyl (C=O) groups is 2. The highest BCUT2D eigenvalue weighted by Crippen LogP contribution is 2.31. The maximum Gasteiger partial charge on any atom is 0.573 e. The fourth-order valence-electron chi connectivity index (χ4n) is 4.69. The van der Waals surface area contributed by atoms with Crippen LogP contribution >= 0.6 is 0 Å². The van der Waals surface area contributed by atoms with Gasteiger partial charge >= 0.3 is 12.3 Å². The molecule has 1 aliphatic rings. The predicted molar refractivity (Wildman–Crippen MR) is 139 cm³/mol. The number of alkyl halides is 3. The third-order valence-electron chi connectivity index (χ3n) is 6.52. The summed E-state index contributed by atoms with van der Waals surface area (Å²) in [5, 5.41) is 8.97. The van der Waals surface area contributed by atoms with Crippen molar-refractivity contribution in [3.05, 3.63) is 90.0 Å². The first kappa shape index (κ1) is 27.0. The van der Waals surface area contributed by atoms with Crippen molar-refractivity contribution in [2.75, 3.05) is 4.90 Å². The highest BCUT2D eigenvalue weighted by molar-refractivity contribution is 5.95. The van der Waals surface area contributed by atoms with E-state index in [2.05, 4.69) is 4.74 Å². The average molecular weight is 524 g/mol. The first-order chi connectivity index (χ1) is 18.2. The molecule has 0 heterocycles. The molecule has 0 unspecified atom stereocenters. The minimum absolute atomic E-state index is 0.0325. The third-order valence-corrected chi connectivity index (χ3v) is 6.52. The van der Waals surface area contributed by atoms with E-state index >= 15 is 0 Å². The average Bonchev–Trinajstić information content (AvgIpc) is 2.90. The highest BCUT2D eigenvalue weighted by Gasteiger charge is 2.31. The lowest BCUT2D eigenvalue weighted by Crippen LogP contribution is -2.36. The third kappa shape index (κ3) is 7.47. The zero-order valence-electron chi connectivity index (χ0n) is 20.7. The molecule has 8 heteroatoms. The number of aliphatic carboxylic acids is 1. The van der Waals surface area contributed by atoms with E-state index in [0.717, 1.165) is 43.7 Å². The van der Waals surface area contributed by atoms with Crippen LogP contribution in [0.2, 0.25) is 0 Å². The largest absolute Gasteiger partial charge is 0.573 e. The zero-order chi connectivity index (χ0) is 27.1. The second-order valence-electron chi connectivity index (χ2n) is 9.30. The lowest BCUT2D eigenvalue weighted by molar-refractivity contribution is -0.274. The van der Waals surface area contributed by atoms with E-state index in [9.17, 15) is 22.8 Å². The quantitative estimate of drug-likeness (QED) is 0.311. The molecule has 0 aromatic heterocycles. The Morgan fingerprint density at radius 1 is 0.921 bits per heavy atom. The fourth-order valence-corrected chi connectivity index (χ4v) is 4.69. The molecular weight excluding hydrogens is 495 g/mol. The Hall–Kier alpha value is -4.07. The second kappa shape index (κ2) is 12.0. The van der Waals surface area contributed by atoms with Crippen molar-refractivity contribution in [1.82, 2.24) is 0 Å². The Morgan fingerprint density at radius 2 is 1.63 bits per heavy atom. The fraction of sp³-hybridized carbons (Fsp3) is 0.267. The number of hydrogen-bond acceptors (Lipinski definition) is 3. The maximum atomic E-state index is 13.6. The van der Waals surface area contributed by atoms with Gasteiger partial charge in [-0.25, -0.2) is 4.79 Å². The van der Waals surface area contributed by atoms with Gasteiger partial charge in [0.1, 0.15) is 5.75 Å². The minimum atomic E-state index is -4.77. The molecule has 1 amide bonds. The first-order valence-corrected chi connectivity index (χ1v) is 12.5. The van der Waals surface area contributed by atoms with E-state index in [-0.39, 0.29) is 17.6 Å². The normalized spacial score (nSPS) is 14.4. The van der Waals surface area contributed by atoms with Crippen molar-refractivity contribution in [1.29, 1.82) is 0 Å². The van der Waals surface area contributed by atoms with Gasteiger partial charge in [-0.1, -0.05) is 67.8 Å². The van der Waals surface area contributed by atoms with Gasteiger partial charge in [0, 0.05) is 17.7 Å². The van der Waals surface area contributed by atoms with Crippen LogP contribution in [0.1, 0.15) is 43.2 Å². The number of rotatable bonds is 8. The van der Waals surface area contributed by atoms with Gasteiger partial charge in [0.05, 0.1) is 6.54 Å². The zero-order valence-corrected chi connectivity index (χ0v) is 20.7. The van der Waals surface area contributed by atoms with Crippen molar-refractivity contribution in [3.63, 3.8) is 0 Å². The molecule has 0 bridgehead atoms. The number of carbonyl (C=O) groups excluding carboxylic acids is 1. The summed E-state index contributed by atoms with van der Waals surface area (Å²) < 4.78 is 41.9. The predicted octanol–water partition coefficient (Wildman–Crippen LogP) is 7.46. The lowest BCUT2D eigenvalue weighted by Gasteiger charge is -2.30. The van der Waals surface area contributed by atoms with E-state index in [1.54, 1.807) is 41.3 Å². The Labute approximate surface area is 219 Å². The monoisotopic (exact) mass is 523 g/mol. The van der Waals surface area contributed by atoms with Crippen LogP contribution in [0.15, 0.2) is 78.9 Å². The summed E-state index contributed by atoms with van der Waals surface area (Å²) in [4.78, 5) is 26.3. The van der Waals surface area contributed by atoms with Crippen molar-refractivity contribution in [3.8, 4) is 16.9 Å². The second-order valence-corrected chi connectivity index (χ2v) is 9.30. The van der Waals surface area contributed by atoms with E-state index < -0.39 is 12.3 Å². The number of carboxylic acids is 1. The molecule has 0 aliphatic heterocycles. The molecule has 1 N–H and O–H groups in total. The Morgan fingerprint density at radius 3 is 2.32 bits per heavy atom. The van der Waals surface area contributed by atoms with Gasteiger partial charge in [-0.05, 0) is 65.4 Å². The number of amides is 1. The number of hydrogen-bond donors (Lipinski definition) is 1. The molecule has 0 atom stereocenters. The van der Waals surface area contributed by atoms with Gasteiger partial charge in [0.15, 0.2) is 0 Å². The van der Waals surface area contributed by atoms with Crippen LogP contribution in [0.3, 0.4) is 0 Å². The summed E-state index contributed by atoms with van der Waals surface area (Å²) in [5.41, 5.74) is 3.49. The molecule has 38 heavy (non-hydrogen) atoms. The SMILES string of the molecule is O=C(O)C=Cc1cccc(N(Cc2ccc(-c3cccc(OC(F)(F)F)c3)cc2)C(=O)C2CCCCC2)c1. The maximum absolute atomic E-state index is 13.6. The standard InChI is InChI=1S/C30H28F3NO4/c31-30(32,33)38-27-11-5-9-25(19-27)23-15-12-22(13-16-23)20-34(29(37)24-7-2-1-3-8-24)26-10-4-6-21(18-26)14-17-28(35)36/h4-6,9-19,24H,1-3,7-8,20H2,(H,35,36). The van der Waals surface area contributed by atoms with Crippen LogP contribution in [0.4, 0.5) is 18.9 Å². The van der Waals surface area contributed by atoms with Crippen LogP contribution < -0.4 is 9.64 Å². The molecule has 4 rings (SSSR count). The molecule has 1 fully saturated rings. The Balaban J connectivity index is 1.59. The van der Waals surface area contributed by atoms with Crippen LogP contribution in [-0.4, -0.2) is 23.3 Å². The van der Waals surface area contributed by atoms with Gasteiger partial charge in [0.2, 0.25) is 5.91 Å². The number of ether oxygens (including phenoxy) is 1. The molecule has 0 spiro atoms. The molecule has 3 aromatic rings. The van der Waals surface area contributed by atoms with Crippen LogP contribution in [0.5, 0.6) is 5.75 Å². The Kier molecular flexibility index (Phi) is 8.51. The van der Waals surface area contributed by atoms with E-state index in [1.165, 1.54) is 24.3 Å². The highest BCUT2D eigenvalue weighted by atomic mass is 19.4. The van der Waals surface area contributed by atoms with Gasteiger partial charge in [-0.15, -0.1) is 13.2 Å². The van der Waals surface area contributed by atoms with Crippen molar-refractivity contribution in [2.45, 2.75) is 45.0 Å². The van der Waals surface area contributed by atoms with Gasteiger partial charge in [-0.3, -0.25) is 4.79 Å². The lowest BCUT2D eigenvalue weighted by atomic mass is 9.88. The Bertz CT molecular complexity index is 1300. The molecule has 3 aromatic carbocycles. The summed E-state index contributed by atoms with van der Waals surface area (Å²) in [5.74, 6) is -1.39. The molecule has 1 aliphatic carbocycles. The smallest absolute Gasteiger partial charge is 0.478 e. The minimum Gasteiger partial charge on any atom is -0.478 e. The summed E-state index contributed by atoms with van der Waals surface area (Å²) in [6.07, 6.45) is 2.59. The molecule has 0 radical (unpaired) electrons. The van der Waals surface area contributed by atoms with Crippen molar-refractivity contribution in [2.24, 2.45) is 5.92 Å². The topological polar surface area (TPSA) is 66.8 Å². The number of benzene rings is 3. The van der Waals surface area contributed by atoms with E-state index in [0.29, 0.717) is 28.9 Å². The molecular formula is C30H28F3NO4.